The van der Waals surface area contributed by atoms with Crippen LogP contribution in [0.15, 0.2) is 22.7 Å². The largest absolute Gasteiger partial charge is 0.493 e. The second-order valence-corrected chi connectivity index (χ2v) is 4.33. The Morgan fingerprint density at radius 1 is 1.25 bits per heavy atom. The van der Waals surface area contributed by atoms with E-state index < -0.39 is 6.10 Å². The molecule has 0 radical (unpaired) electrons. The standard InChI is InChI=1S/C14H18N2O4/c1-4-5-10(17)13-15-14(20-16-13)9-6-7-11(18-2)12(8-9)19-3/h6-8,10,17H,4-5H2,1-3H3. The topological polar surface area (TPSA) is 77.6 Å². The fourth-order valence-corrected chi connectivity index (χ4v) is 1.86. The van der Waals surface area contributed by atoms with E-state index in [-0.39, 0.29) is 0 Å². The predicted molar refractivity (Wildman–Crippen MR) is 72.7 cm³/mol. The van der Waals surface area contributed by atoms with Crippen molar-refractivity contribution in [3.63, 3.8) is 0 Å². The van der Waals surface area contributed by atoms with Crippen LogP contribution in [0.4, 0.5) is 0 Å². The molecule has 1 unspecified atom stereocenters. The van der Waals surface area contributed by atoms with Gasteiger partial charge in [-0.3, -0.25) is 0 Å². The van der Waals surface area contributed by atoms with Crippen molar-refractivity contribution in [2.24, 2.45) is 0 Å². The molecule has 1 N–H and O–H groups in total. The SMILES string of the molecule is CCCC(O)c1noc(-c2ccc(OC)c(OC)c2)n1. The minimum Gasteiger partial charge on any atom is -0.493 e. The van der Waals surface area contributed by atoms with Gasteiger partial charge in [-0.15, -0.1) is 0 Å². The molecule has 1 atom stereocenters. The maximum atomic E-state index is 9.83. The molecule has 1 aromatic carbocycles. The van der Waals surface area contributed by atoms with Crippen molar-refractivity contribution in [1.82, 2.24) is 10.1 Å². The van der Waals surface area contributed by atoms with Gasteiger partial charge in [-0.1, -0.05) is 18.5 Å². The Hall–Kier alpha value is -2.08. The number of benzene rings is 1. The van der Waals surface area contributed by atoms with E-state index in [2.05, 4.69) is 10.1 Å². The highest BCUT2D eigenvalue weighted by molar-refractivity contribution is 5.59. The van der Waals surface area contributed by atoms with Gasteiger partial charge >= 0.3 is 0 Å². The first-order chi connectivity index (χ1) is 9.69. The van der Waals surface area contributed by atoms with Crippen molar-refractivity contribution in [3.8, 4) is 23.0 Å². The van der Waals surface area contributed by atoms with Gasteiger partial charge in [-0.05, 0) is 24.6 Å². The summed E-state index contributed by atoms with van der Waals surface area (Å²) in [6.45, 7) is 1.98. The molecular weight excluding hydrogens is 260 g/mol. The van der Waals surface area contributed by atoms with Crippen molar-refractivity contribution in [2.45, 2.75) is 25.9 Å². The molecule has 6 nitrogen and oxygen atoms in total. The van der Waals surface area contributed by atoms with E-state index >= 15 is 0 Å². The molecule has 0 saturated heterocycles. The number of aliphatic hydroxyl groups is 1. The minimum atomic E-state index is -0.697. The van der Waals surface area contributed by atoms with Crippen LogP contribution in [0.2, 0.25) is 0 Å². The summed E-state index contributed by atoms with van der Waals surface area (Å²) in [7, 11) is 3.13. The first-order valence-corrected chi connectivity index (χ1v) is 6.43. The van der Waals surface area contributed by atoms with E-state index in [4.69, 9.17) is 14.0 Å². The highest BCUT2D eigenvalue weighted by atomic mass is 16.5. The average molecular weight is 278 g/mol. The Morgan fingerprint density at radius 3 is 2.65 bits per heavy atom. The smallest absolute Gasteiger partial charge is 0.258 e. The molecule has 1 heterocycles. The fraction of sp³-hybridized carbons (Fsp3) is 0.429. The third-order valence-electron chi connectivity index (χ3n) is 2.93. The number of hydrogen-bond acceptors (Lipinski definition) is 6. The average Bonchev–Trinajstić information content (AvgIpc) is 2.96. The third-order valence-corrected chi connectivity index (χ3v) is 2.93. The van der Waals surface area contributed by atoms with Gasteiger partial charge in [0.2, 0.25) is 5.82 Å². The Kier molecular flexibility index (Phi) is 4.57. The van der Waals surface area contributed by atoms with Crippen molar-refractivity contribution in [1.29, 1.82) is 0 Å². The monoisotopic (exact) mass is 278 g/mol. The molecule has 0 aliphatic heterocycles. The summed E-state index contributed by atoms with van der Waals surface area (Å²) in [5.74, 6) is 1.86. The van der Waals surface area contributed by atoms with Crippen molar-refractivity contribution in [2.75, 3.05) is 14.2 Å². The fourth-order valence-electron chi connectivity index (χ4n) is 1.86. The summed E-state index contributed by atoms with van der Waals surface area (Å²) in [4.78, 5) is 4.21. The number of nitrogens with zero attached hydrogens (tertiary/aromatic N) is 2. The van der Waals surface area contributed by atoms with E-state index in [0.717, 1.165) is 6.42 Å². The summed E-state index contributed by atoms with van der Waals surface area (Å²) in [5, 5.41) is 13.6. The molecule has 0 aliphatic carbocycles. The van der Waals surface area contributed by atoms with Gasteiger partial charge in [0.15, 0.2) is 11.5 Å². The Balaban J connectivity index is 2.28. The van der Waals surface area contributed by atoms with Gasteiger partial charge in [0.1, 0.15) is 6.10 Å². The summed E-state index contributed by atoms with van der Waals surface area (Å²) in [6, 6.07) is 5.31. The normalized spacial score (nSPS) is 12.2. The van der Waals surface area contributed by atoms with E-state index in [1.54, 1.807) is 32.4 Å². The maximum absolute atomic E-state index is 9.83. The summed E-state index contributed by atoms with van der Waals surface area (Å²) >= 11 is 0. The van der Waals surface area contributed by atoms with Crippen LogP contribution in [0.3, 0.4) is 0 Å². The number of hydrogen-bond donors (Lipinski definition) is 1. The van der Waals surface area contributed by atoms with Crippen LogP contribution in [-0.4, -0.2) is 29.5 Å². The number of methoxy groups -OCH3 is 2. The highest BCUT2D eigenvalue weighted by Gasteiger charge is 2.16. The lowest BCUT2D eigenvalue weighted by Gasteiger charge is -2.07. The summed E-state index contributed by atoms with van der Waals surface area (Å²) in [5.41, 5.74) is 0.713. The molecule has 2 rings (SSSR count). The van der Waals surface area contributed by atoms with Crippen LogP contribution in [0.1, 0.15) is 31.7 Å². The van der Waals surface area contributed by atoms with Crippen molar-refractivity contribution < 1.29 is 19.1 Å². The number of ether oxygens (including phenoxy) is 2. The van der Waals surface area contributed by atoms with Gasteiger partial charge in [0.05, 0.1) is 14.2 Å². The zero-order valence-corrected chi connectivity index (χ0v) is 11.8. The predicted octanol–water partition coefficient (Wildman–Crippen LogP) is 2.59. The lowest BCUT2D eigenvalue weighted by molar-refractivity contribution is 0.153. The lowest BCUT2D eigenvalue weighted by atomic mass is 10.2. The van der Waals surface area contributed by atoms with Crippen LogP contribution in [0.25, 0.3) is 11.5 Å². The highest BCUT2D eigenvalue weighted by Crippen LogP contribution is 2.32. The lowest BCUT2D eigenvalue weighted by Crippen LogP contribution is -1.98. The van der Waals surface area contributed by atoms with Crippen LogP contribution in [0.5, 0.6) is 11.5 Å². The van der Waals surface area contributed by atoms with Crippen molar-refractivity contribution >= 4 is 0 Å². The minimum absolute atomic E-state index is 0.302. The zero-order chi connectivity index (χ0) is 14.5. The molecule has 0 aliphatic rings. The van der Waals surface area contributed by atoms with Crippen molar-refractivity contribution in [3.05, 3.63) is 24.0 Å². The van der Waals surface area contributed by atoms with Gasteiger partial charge in [0, 0.05) is 5.56 Å². The maximum Gasteiger partial charge on any atom is 0.258 e. The van der Waals surface area contributed by atoms with E-state index in [1.165, 1.54) is 0 Å². The molecule has 0 saturated carbocycles. The first kappa shape index (κ1) is 14.3. The molecule has 6 heteroatoms. The van der Waals surface area contributed by atoms with Crippen LogP contribution in [0, 0.1) is 0 Å². The van der Waals surface area contributed by atoms with Gasteiger partial charge in [-0.25, -0.2) is 0 Å². The number of rotatable bonds is 6. The molecule has 108 valence electrons. The van der Waals surface area contributed by atoms with Gasteiger partial charge in [0.25, 0.3) is 5.89 Å². The number of aliphatic hydroxyl groups excluding tert-OH is 1. The third kappa shape index (κ3) is 2.91. The van der Waals surface area contributed by atoms with Gasteiger partial charge in [-0.2, -0.15) is 4.98 Å². The van der Waals surface area contributed by atoms with Crippen LogP contribution in [-0.2, 0) is 0 Å². The summed E-state index contributed by atoms with van der Waals surface area (Å²) in [6.07, 6.45) is 0.754. The van der Waals surface area contributed by atoms with E-state index in [1.807, 2.05) is 6.92 Å². The second kappa shape index (κ2) is 6.38. The molecule has 2 aromatic rings. The first-order valence-electron chi connectivity index (χ1n) is 6.43. The Labute approximate surface area is 117 Å². The van der Waals surface area contributed by atoms with Gasteiger partial charge < -0.3 is 19.1 Å². The van der Waals surface area contributed by atoms with E-state index in [0.29, 0.717) is 35.2 Å². The molecule has 20 heavy (non-hydrogen) atoms. The Morgan fingerprint density at radius 2 is 2.00 bits per heavy atom. The molecule has 0 bridgehead atoms. The molecule has 0 amide bonds. The molecule has 0 spiro atoms. The number of aromatic nitrogens is 2. The quantitative estimate of drug-likeness (QED) is 0.875. The Bertz CT molecular complexity index is 568. The summed E-state index contributed by atoms with van der Waals surface area (Å²) < 4.78 is 15.6. The zero-order valence-electron chi connectivity index (χ0n) is 11.8. The van der Waals surface area contributed by atoms with Crippen LogP contribution < -0.4 is 9.47 Å². The van der Waals surface area contributed by atoms with Crippen LogP contribution >= 0.6 is 0 Å². The molecule has 0 fully saturated rings. The van der Waals surface area contributed by atoms with E-state index in [9.17, 15) is 5.11 Å². The molecular formula is C14H18N2O4. The molecule has 1 aromatic heterocycles. The second-order valence-electron chi connectivity index (χ2n) is 4.33.